The molecule has 108 valence electrons. The van der Waals surface area contributed by atoms with Gasteiger partial charge in [-0.05, 0) is 29.3 Å². The lowest BCUT2D eigenvalue weighted by Gasteiger charge is -2.17. The summed E-state index contributed by atoms with van der Waals surface area (Å²) in [5.74, 6) is -1.14. The van der Waals surface area contributed by atoms with Crippen LogP contribution in [0.3, 0.4) is 0 Å². The molecule has 1 aromatic carbocycles. The molecule has 21 heavy (non-hydrogen) atoms. The van der Waals surface area contributed by atoms with Crippen LogP contribution in [0.4, 0.5) is 0 Å². The Labute approximate surface area is 122 Å². The molecule has 0 aliphatic carbocycles. The Morgan fingerprint density at radius 3 is 2.48 bits per heavy atom. The summed E-state index contributed by atoms with van der Waals surface area (Å²) in [6, 6.07) is 10.2. The molecule has 1 amide bonds. The van der Waals surface area contributed by atoms with Crippen LogP contribution in [0.5, 0.6) is 0 Å². The Hall–Kier alpha value is -2.69. The van der Waals surface area contributed by atoms with E-state index in [1.807, 2.05) is 12.1 Å². The average Bonchev–Trinajstić information content (AvgIpc) is 2.48. The van der Waals surface area contributed by atoms with Crippen LogP contribution in [0.25, 0.3) is 0 Å². The van der Waals surface area contributed by atoms with Crippen molar-refractivity contribution in [2.45, 2.75) is 13.0 Å². The Kier molecular flexibility index (Phi) is 4.66. The van der Waals surface area contributed by atoms with Gasteiger partial charge in [-0.1, -0.05) is 18.2 Å². The monoisotopic (exact) mass is 284 g/mol. The third-order valence-electron chi connectivity index (χ3n) is 3.18. The van der Waals surface area contributed by atoms with E-state index in [4.69, 9.17) is 5.11 Å². The predicted molar refractivity (Wildman–Crippen MR) is 77.8 cm³/mol. The molecule has 2 rings (SSSR count). The summed E-state index contributed by atoms with van der Waals surface area (Å²) >= 11 is 0. The van der Waals surface area contributed by atoms with Gasteiger partial charge < -0.3 is 10.0 Å². The van der Waals surface area contributed by atoms with Crippen LogP contribution >= 0.6 is 0 Å². The number of hydrogen-bond donors (Lipinski definition) is 1. The fraction of sp³-hybridized carbons (Fsp3) is 0.188. The number of aromatic carboxylic acids is 1. The van der Waals surface area contributed by atoms with Crippen LogP contribution in [0, 0.1) is 0 Å². The zero-order chi connectivity index (χ0) is 15.2. The zero-order valence-corrected chi connectivity index (χ0v) is 11.7. The number of nitrogens with zero attached hydrogens (tertiary/aromatic N) is 2. The molecule has 0 saturated carbocycles. The summed E-state index contributed by atoms with van der Waals surface area (Å²) in [7, 11) is 1.70. The van der Waals surface area contributed by atoms with Gasteiger partial charge in [-0.3, -0.25) is 9.78 Å². The fourth-order valence-electron chi connectivity index (χ4n) is 2.03. The minimum absolute atomic E-state index is 0.0735. The number of benzene rings is 1. The largest absolute Gasteiger partial charge is 0.478 e. The normalized spacial score (nSPS) is 10.1. The second kappa shape index (κ2) is 6.65. The molecule has 1 heterocycles. The Morgan fingerprint density at radius 2 is 1.81 bits per heavy atom. The van der Waals surface area contributed by atoms with E-state index in [1.165, 1.54) is 6.07 Å². The quantitative estimate of drug-likeness (QED) is 0.911. The number of carbonyl (C=O) groups excluding carboxylic acids is 1. The van der Waals surface area contributed by atoms with Crippen molar-refractivity contribution in [3.8, 4) is 0 Å². The molecule has 0 unspecified atom stereocenters. The van der Waals surface area contributed by atoms with Gasteiger partial charge in [0.15, 0.2) is 0 Å². The van der Waals surface area contributed by atoms with Gasteiger partial charge in [-0.25, -0.2) is 4.79 Å². The van der Waals surface area contributed by atoms with E-state index >= 15 is 0 Å². The lowest BCUT2D eigenvalue weighted by atomic mass is 10.0. The van der Waals surface area contributed by atoms with E-state index in [0.29, 0.717) is 12.1 Å². The predicted octanol–water partition coefficient (Wildman–Crippen LogP) is 1.98. The number of likely N-dealkylation sites (N-methyl/N-ethyl adjacent to an activating group) is 1. The topological polar surface area (TPSA) is 70.5 Å². The highest BCUT2D eigenvalue weighted by atomic mass is 16.4. The molecular weight excluding hydrogens is 268 g/mol. The smallest absolute Gasteiger partial charge is 0.335 e. The Balaban J connectivity index is 2.06. The SMILES string of the molecule is CN(Cc1ccncc1)C(=O)Cc1ccccc1C(=O)O. The second-order valence-corrected chi connectivity index (χ2v) is 4.74. The van der Waals surface area contributed by atoms with E-state index in [0.717, 1.165) is 5.56 Å². The van der Waals surface area contributed by atoms with Crippen LogP contribution in [0.15, 0.2) is 48.8 Å². The van der Waals surface area contributed by atoms with Crippen LogP contribution in [-0.2, 0) is 17.8 Å². The molecule has 0 saturated heterocycles. The molecule has 0 radical (unpaired) electrons. The number of amides is 1. The highest BCUT2D eigenvalue weighted by molar-refractivity contribution is 5.91. The zero-order valence-electron chi connectivity index (χ0n) is 11.7. The molecule has 1 N–H and O–H groups in total. The van der Waals surface area contributed by atoms with E-state index in [2.05, 4.69) is 4.98 Å². The average molecular weight is 284 g/mol. The van der Waals surface area contributed by atoms with Crippen molar-refractivity contribution in [3.05, 3.63) is 65.5 Å². The highest BCUT2D eigenvalue weighted by Gasteiger charge is 2.15. The van der Waals surface area contributed by atoms with Gasteiger partial charge in [0.05, 0.1) is 12.0 Å². The van der Waals surface area contributed by atoms with Crippen molar-refractivity contribution in [2.24, 2.45) is 0 Å². The van der Waals surface area contributed by atoms with Gasteiger partial charge in [0, 0.05) is 26.0 Å². The molecule has 1 aromatic heterocycles. The molecule has 0 aliphatic heterocycles. The lowest BCUT2D eigenvalue weighted by Crippen LogP contribution is -2.28. The first-order chi connectivity index (χ1) is 10.1. The van der Waals surface area contributed by atoms with Crippen molar-refractivity contribution in [1.29, 1.82) is 0 Å². The number of rotatable bonds is 5. The standard InChI is InChI=1S/C16H16N2O3/c1-18(11-12-6-8-17-9-7-12)15(19)10-13-4-2-3-5-14(13)16(20)21/h2-9H,10-11H2,1H3,(H,20,21). The maximum atomic E-state index is 12.2. The molecule has 0 aliphatic rings. The number of pyridine rings is 1. The van der Waals surface area contributed by atoms with Crippen LogP contribution in [0.1, 0.15) is 21.5 Å². The molecular formula is C16H16N2O3. The van der Waals surface area contributed by atoms with Crippen molar-refractivity contribution < 1.29 is 14.7 Å². The minimum Gasteiger partial charge on any atom is -0.478 e. The molecule has 0 bridgehead atoms. The second-order valence-electron chi connectivity index (χ2n) is 4.74. The summed E-state index contributed by atoms with van der Waals surface area (Å²) in [6.45, 7) is 0.469. The first-order valence-electron chi connectivity index (χ1n) is 6.52. The summed E-state index contributed by atoms with van der Waals surface area (Å²) in [5, 5.41) is 9.12. The molecule has 5 nitrogen and oxygen atoms in total. The van der Waals surface area contributed by atoms with Crippen molar-refractivity contribution in [1.82, 2.24) is 9.88 Å². The number of hydrogen-bond acceptors (Lipinski definition) is 3. The van der Waals surface area contributed by atoms with Crippen molar-refractivity contribution in [3.63, 3.8) is 0 Å². The third kappa shape index (κ3) is 3.89. The number of carboxylic acids is 1. The van der Waals surface area contributed by atoms with Crippen molar-refractivity contribution >= 4 is 11.9 Å². The highest BCUT2D eigenvalue weighted by Crippen LogP contribution is 2.11. The molecule has 0 atom stereocenters. The van der Waals surface area contributed by atoms with Crippen molar-refractivity contribution in [2.75, 3.05) is 7.05 Å². The van der Waals surface area contributed by atoms with Gasteiger partial charge in [0.1, 0.15) is 0 Å². The van der Waals surface area contributed by atoms with Gasteiger partial charge in [-0.15, -0.1) is 0 Å². The first-order valence-corrected chi connectivity index (χ1v) is 6.52. The molecule has 0 spiro atoms. The summed E-state index contributed by atoms with van der Waals surface area (Å²) in [4.78, 5) is 28.8. The van der Waals surface area contributed by atoms with E-state index < -0.39 is 5.97 Å². The van der Waals surface area contributed by atoms with Gasteiger partial charge in [-0.2, -0.15) is 0 Å². The third-order valence-corrected chi connectivity index (χ3v) is 3.18. The van der Waals surface area contributed by atoms with Crippen LogP contribution in [0.2, 0.25) is 0 Å². The van der Waals surface area contributed by atoms with Crippen LogP contribution < -0.4 is 0 Å². The Bertz CT molecular complexity index is 641. The molecule has 5 heteroatoms. The maximum absolute atomic E-state index is 12.2. The fourth-order valence-corrected chi connectivity index (χ4v) is 2.03. The van der Waals surface area contributed by atoms with Gasteiger partial charge >= 0.3 is 5.97 Å². The van der Waals surface area contributed by atoms with Crippen LogP contribution in [-0.4, -0.2) is 33.9 Å². The summed E-state index contributed by atoms with van der Waals surface area (Å²) < 4.78 is 0. The maximum Gasteiger partial charge on any atom is 0.335 e. The van der Waals surface area contributed by atoms with E-state index in [-0.39, 0.29) is 17.9 Å². The van der Waals surface area contributed by atoms with Gasteiger partial charge in [0.2, 0.25) is 5.91 Å². The number of aromatic nitrogens is 1. The van der Waals surface area contributed by atoms with Gasteiger partial charge in [0.25, 0.3) is 0 Å². The number of carboxylic acid groups (broad SMARTS) is 1. The van der Waals surface area contributed by atoms with E-state index in [1.54, 1.807) is 42.5 Å². The van der Waals surface area contributed by atoms with E-state index in [9.17, 15) is 9.59 Å². The lowest BCUT2D eigenvalue weighted by molar-refractivity contribution is -0.129. The Morgan fingerprint density at radius 1 is 1.14 bits per heavy atom. The molecule has 0 fully saturated rings. The minimum atomic E-state index is -1.02. The molecule has 2 aromatic rings. The summed E-state index contributed by atoms with van der Waals surface area (Å²) in [6.07, 6.45) is 3.42. The first kappa shape index (κ1) is 14.7. The summed E-state index contributed by atoms with van der Waals surface area (Å²) in [5.41, 5.74) is 1.67. The number of carbonyl (C=O) groups is 2.